The van der Waals surface area contributed by atoms with E-state index in [9.17, 15) is 23.2 Å². The summed E-state index contributed by atoms with van der Waals surface area (Å²) in [5.41, 5.74) is 0.626. The molecule has 3 heterocycles. The van der Waals surface area contributed by atoms with Crippen LogP contribution in [0, 0.1) is 11.6 Å². The number of fused-ring (bicyclic) bond motifs is 2. The van der Waals surface area contributed by atoms with Crippen molar-refractivity contribution in [3.05, 3.63) is 58.6 Å². The molecule has 2 atom stereocenters. The molecule has 0 radical (unpaired) electrons. The lowest BCUT2D eigenvalue weighted by Gasteiger charge is -2.49. The number of hydrogen-bond acceptors (Lipinski definition) is 6. The molecule has 3 aliphatic rings. The first-order valence-corrected chi connectivity index (χ1v) is 9.68. The molecule has 0 bridgehead atoms. The van der Waals surface area contributed by atoms with Gasteiger partial charge in [-0.1, -0.05) is 6.07 Å². The maximum atomic E-state index is 13.8. The lowest BCUT2D eigenvalue weighted by molar-refractivity contribution is -0.140. The number of rotatable bonds is 3. The molecule has 4 rings (SSSR count). The highest BCUT2D eigenvalue weighted by Crippen LogP contribution is 2.34. The van der Waals surface area contributed by atoms with E-state index in [1.165, 1.54) is 12.3 Å². The Balaban J connectivity index is 1.58. The zero-order valence-electron chi connectivity index (χ0n) is 16.6. The summed E-state index contributed by atoms with van der Waals surface area (Å²) in [6, 6.07) is 3.16. The number of nitrogens with one attached hydrogen (secondary N) is 1. The van der Waals surface area contributed by atoms with Crippen LogP contribution in [0.2, 0.25) is 0 Å². The largest absolute Gasteiger partial charge is 0.356 e. The molecule has 7 nitrogen and oxygen atoms in total. The van der Waals surface area contributed by atoms with Gasteiger partial charge in [-0.3, -0.25) is 14.4 Å². The maximum absolute atomic E-state index is 13.8. The van der Waals surface area contributed by atoms with Crippen molar-refractivity contribution in [2.75, 3.05) is 13.2 Å². The van der Waals surface area contributed by atoms with Crippen LogP contribution in [0.3, 0.4) is 0 Å². The van der Waals surface area contributed by atoms with Crippen LogP contribution in [0.4, 0.5) is 8.78 Å². The van der Waals surface area contributed by atoms with E-state index in [1.807, 2.05) is 11.8 Å². The molecule has 1 N–H and O–H groups in total. The predicted octanol–water partition coefficient (Wildman–Crippen LogP) is 1.60. The molecule has 1 aromatic rings. The number of allylic oxidation sites excluding steroid dienone is 2. The summed E-state index contributed by atoms with van der Waals surface area (Å²) in [6.07, 6.45) is 1.87. The van der Waals surface area contributed by atoms with Gasteiger partial charge in [0.1, 0.15) is 29.1 Å². The standard InChI is InChI=1S/C21H21F2N3O4/c1-11-5-6-30-17-10-25-9-15(19(27)20(28)18(25)12(2)26(11)17)21(29)24-8-13-3-4-14(22)7-16(13)23/h3-4,7,9,11,17H,5-6,8,10H2,1-2H3,(H,24,29)/t11-,17+/m1/s1. The van der Waals surface area contributed by atoms with E-state index < -0.39 is 29.1 Å². The molecule has 9 heteroatoms. The molecule has 0 spiro atoms. The molecule has 0 aliphatic carbocycles. The van der Waals surface area contributed by atoms with Gasteiger partial charge >= 0.3 is 0 Å². The number of ether oxygens (including phenoxy) is 1. The first-order chi connectivity index (χ1) is 14.3. The van der Waals surface area contributed by atoms with E-state index in [-0.39, 0.29) is 35.6 Å². The third kappa shape index (κ3) is 3.39. The van der Waals surface area contributed by atoms with Crippen LogP contribution in [0.25, 0.3) is 0 Å². The van der Waals surface area contributed by atoms with Gasteiger partial charge in [0.15, 0.2) is 0 Å². The maximum Gasteiger partial charge on any atom is 0.257 e. The molecular weight excluding hydrogens is 396 g/mol. The summed E-state index contributed by atoms with van der Waals surface area (Å²) < 4.78 is 32.6. The molecule has 1 amide bonds. The Kier molecular flexibility index (Phi) is 5.15. The van der Waals surface area contributed by atoms with Gasteiger partial charge in [0.05, 0.1) is 13.2 Å². The first-order valence-electron chi connectivity index (χ1n) is 9.68. The molecule has 3 aliphatic heterocycles. The van der Waals surface area contributed by atoms with Crippen LogP contribution in [-0.4, -0.2) is 52.7 Å². The van der Waals surface area contributed by atoms with Crippen LogP contribution < -0.4 is 5.32 Å². The van der Waals surface area contributed by atoms with E-state index >= 15 is 0 Å². The monoisotopic (exact) mass is 417 g/mol. The highest BCUT2D eigenvalue weighted by atomic mass is 19.1. The number of Topliss-reactive ketones (excluding diaryl/α,β-unsaturated/α-hetero) is 2. The molecule has 1 fully saturated rings. The van der Waals surface area contributed by atoms with Crippen molar-refractivity contribution in [2.24, 2.45) is 0 Å². The van der Waals surface area contributed by atoms with Crippen molar-refractivity contribution < 1.29 is 27.9 Å². The van der Waals surface area contributed by atoms with Crippen molar-refractivity contribution in [2.45, 2.75) is 39.1 Å². The summed E-state index contributed by atoms with van der Waals surface area (Å²) in [4.78, 5) is 41.5. The minimum absolute atomic E-state index is 0.0644. The summed E-state index contributed by atoms with van der Waals surface area (Å²) in [5.74, 6) is -4.01. The molecule has 0 saturated carbocycles. The van der Waals surface area contributed by atoms with E-state index in [1.54, 1.807) is 11.8 Å². The Morgan fingerprint density at radius 1 is 1.27 bits per heavy atom. The van der Waals surface area contributed by atoms with E-state index in [0.717, 1.165) is 12.5 Å². The summed E-state index contributed by atoms with van der Waals surface area (Å²) in [7, 11) is 0. The first kappa shape index (κ1) is 20.2. The second-order valence-electron chi connectivity index (χ2n) is 7.58. The fraction of sp³-hybridized carbons (Fsp3) is 0.381. The smallest absolute Gasteiger partial charge is 0.257 e. The summed E-state index contributed by atoms with van der Waals surface area (Å²) >= 11 is 0. The molecule has 1 saturated heterocycles. The number of hydrogen-bond donors (Lipinski definition) is 1. The third-order valence-electron chi connectivity index (χ3n) is 5.65. The van der Waals surface area contributed by atoms with Crippen LogP contribution in [0.5, 0.6) is 0 Å². The molecular formula is C21H21F2N3O4. The van der Waals surface area contributed by atoms with Crippen molar-refractivity contribution in [1.29, 1.82) is 0 Å². The van der Waals surface area contributed by atoms with Gasteiger partial charge in [-0.15, -0.1) is 0 Å². The molecule has 158 valence electrons. The summed E-state index contributed by atoms with van der Waals surface area (Å²) in [5, 5.41) is 2.42. The number of halogens is 2. The molecule has 1 aromatic carbocycles. The van der Waals surface area contributed by atoms with Gasteiger partial charge in [-0.05, 0) is 26.3 Å². The van der Waals surface area contributed by atoms with Gasteiger partial charge in [0, 0.05) is 36.1 Å². The Morgan fingerprint density at radius 3 is 2.77 bits per heavy atom. The minimum atomic E-state index is -0.915. The number of carbonyl (C=O) groups excluding carboxylic acids is 3. The zero-order valence-corrected chi connectivity index (χ0v) is 16.6. The average Bonchev–Trinajstić information content (AvgIpc) is 2.69. The van der Waals surface area contributed by atoms with Crippen molar-refractivity contribution in [3.8, 4) is 0 Å². The fourth-order valence-corrected chi connectivity index (χ4v) is 4.11. The van der Waals surface area contributed by atoms with Gasteiger partial charge in [-0.25, -0.2) is 8.78 Å². The SMILES string of the molecule is CC1=C2C(=O)C(=O)C(C(=O)NCc3ccc(F)cc3F)=CN2C[C@@H]2OCC[C@@H](C)N12. The number of carbonyl (C=O) groups is 3. The Bertz CT molecular complexity index is 1000. The normalized spacial score (nSPS) is 23.8. The Hall–Kier alpha value is -3.07. The highest BCUT2D eigenvalue weighted by Gasteiger charge is 2.44. The van der Waals surface area contributed by atoms with Gasteiger partial charge < -0.3 is 19.9 Å². The third-order valence-corrected chi connectivity index (χ3v) is 5.65. The van der Waals surface area contributed by atoms with Gasteiger partial charge in [0.2, 0.25) is 5.78 Å². The van der Waals surface area contributed by atoms with E-state index in [0.29, 0.717) is 24.9 Å². The second-order valence-corrected chi connectivity index (χ2v) is 7.58. The zero-order chi connectivity index (χ0) is 21.6. The topological polar surface area (TPSA) is 79.0 Å². The van der Waals surface area contributed by atoms with Gasteiger partial charge in [0.25, 0.3) is 11.7 Å². The lowest BCUT2D eigenvalue weighted by atomic mass is 9.96. The quantitative estimate of drug-likeness (QED) is 0.595. The lowest BCUT2D eigenvalue weighted by Crippen LogP contribution is -2.57. The van der Waals surface area contributed by atoms with Crippen LogP contribution in [0.15, 0.2) is 41.4 Å². The average molecular weight is 417 g/mol. The number of benzene rings is 1. The number of amides is 1. The van der Waals surface area contributed by atoms with Crippen LogP contribution >= 0.6 is 0 Å². The van der Waals surface area contributed by atoms with Crippen LogP contribution in [-0.2, 0) is 25.7 Å². The summed E-state index contributed by atoms with van der Waals surface area (Å²) in [6.45, 7) is 4.45. The van der Waals surface area contributed by atoms with Crippen molar-refractivity contribution in [1.82, 2.24) is 15.1 Å². The highest BCUT2D eigenvalue weighted by molar-refractivity contribution is 6.54. The number of nitrogens with zero attached hydrogens (tertiary/aromatic N) is 2. The van der Waals surface area contributed by atoms with Crippen LogP contribution in [0.1, 0.15) is 25.8 Å². The Morgan fingerprint density at radius 2 is 2.03 bits per heavy atom. The van der Waals surface area contributed by atoms with Gasteiger partial charge in [-0.2, -0.15) is 0 Å². The Labute approximate surface area is 172 Å². The molecule has 0 unspecified atom stereocenters. The van der Waals surface area contributed by atoms with Crippen molar-refractivity contribution in [3.63, 3.8) is 0 Å². The van der Waals surface area contributed by atoms with E-state index in [2.05, 4.69) is 5.32 Å². The van der Waals surface area contributed by atoms with E-state index in [4.69, 9.17) is 4.74 Å². The minimum Gasteiger partial charge on any atom is -0.356 e. The number of ketones is 2. The molecule has 0 aromatic heterocycles. The molecule has 30 heavy (non-hydrogen) atoms. The predicted molar refractivity (Wildman–Crippen MR) is 101 cm³/mol. The van der Waals surface area contributed by atoms with Crippen molar-refractivity contribution >= 4 is 17.5 Å². The second kappa shape index (κ2) is 7.64. The fourth-order valence-electron chi connectivity index (χ4n) is 4.11.